The van der Waals surface area contributed by atoms with Gasteiger partial charge in [0.25, 0.3) is 0 Å². The molecule has 0 fully saturated rings. The molecule has 0 aliphatic rings. The summed E-state index contributed by atoms with van der Waals surface area (Å²) in [5, 5.41) is 8.95. The number of rotatable bonds is 5. The second kappa shape index (κ2) is 7.89. The molecule has 3 heterocycles. The lowest BCUT2D eigenvalue weighted by molar-refractivity contribution is -0.117. The fraction of sp³-hybridized carbons (Fsp3) is 0.0909. The number of anilines is 1. The van der Waals surface area contributed by atoms with Gasteiger partial charge >= 0.3 is 5.69 Å². The Morgan fingerprint density at radius 2 is 1.91 bits per heavy atom. The number of nitrogens with one attached hydrogen (secondary N) is 1. The fourth-order valence-electron chi connectivity index (χ4n) is 3.38. The lowest BCUT2D eigenvalue weighted by Crippen LogP contribution is -2.28. The number of thiophene rings is 1. The number of benzene rings is 2. The van der Waals surface area contributed by atoms with Gasteiger partial charge in [0.15, 0.2) is 5.65 Å². The highest BCUT2D eigenvalue weighted by atomic mass is 32.1. The number of nitrogens with zero attached hydrogens (tertiary/aromatic N) is 4. The van der Waals surface area contributed by atoms with E-state index in [9.17, 15) is 14.0 Å². The van der Waals surface area contributed by atoms with Crippen LogP contribution in [-0.2, 0) is 11.3 Å². The van der Waals surface area contributed by atoms with Crippen LogP contribution in [0.2, 0.25) is 0 Å². The molecule has 0 bridgehead atoms. The van der Waals surface area contributed by atoms with E-state index in [1.807, 2.05) is 29.6 Å². The first kappa shape index (κ1) is 19.9. The molecule has 32 heavy (non-hydrogen) atoms. The summed E-state index contributed by atoms with van der Waals surface area (Å²) >= 11 is 1.43. The van der Waals surface area contributed by atoms with Gasteiger partial charge in [0, 0.05) is 16.6 Å². The van der Waals surface area contributed by atoms with Gasteiger partial charge in [0.1, 0.15) is 24.4 Å². The number of aromatic nitrogens is 4. The maximum Gasteiger partial charge on any atom is 0.352 e. The number of ether oxygens (including phenoxy) is 1. The van der Waals surface area contributed by atoms with E-state index in [0.29, 0.717) is 11.3 Å². The predicted molar refractivity (Wildman–Crippen MR) is 120 cm³/mol. The van der Waals surface area contributed by atoms with Gasteiger partial charge in [0.2, 0.25) is 5.91 Å². The van der Waals surface area contributed by atoms with Crippen molar-refractivity contribution in [2.75, 3.05) is 12.4 Å². The van der Waals surface area contributed by atoms with Gasteiger partial charge in [0.05, 0.1) is 17.3 Å². The van der Waals surface area contributed by atoms with Crippen LogP contribution >= 0.6 is 11.3 Å². The molecule has 5 aromatic rings. The third-order valence-electron chi connectivity index (χ3n) is 4.96. The van der Waals surface area contributed by atoms with Crippen LogP contribution in [0.5, 0.6) is 5.75 Å². The van der Waals surface area contributed by atoms with Crippen molar-refractivity contribution in [3.05, 3.63) is 76.5 Å². The minimum Gasteiger partial charge on any atom is -0.497 e. The van der Waals surface area contributed by atoms with Crippen molar-refractivity contribution in [1.29, 1.82) is 0 Å². The highest BCUT2D eigenvalue weighted by Gasteiger charge is 2.17. The second-order valence-corrected chi connectivity index (χ2v) is 7.87. The van der Waals surface area contributed by atoms with Crippen LogP contribution in [0.1, 0.15) is 0 Å². The van der Waals surface area contributed by atoms with E-state index in [-0.39, 0.29) is 6.54 Å². The standard InChI is InChI=1S/C22H16FN5O3S/c1-31-16-8-2-13(3-9-16)17-11-32-20-19(17)24-12-27-21(20)26-28(22(27)30)10-18(29)25-15-6-4-14(23)5-7-15/h2-9,11-12H,10H2,1H3,(H,25,29). The maximum absolute atomic E-state index is 13.0. The topological polar surface area (TPSA) is 90.5 Å². The molecule has 0 saturated heterocycles. The smallest absolute Gasteiger partial charge is 0.352 e. The predicted octanol–water partition coefficient (Wildman–Crippen LogP) is 3.56. The van der Waals surface area contributed by atoms with Gasteiger partial charge in [-0.15, -0.1) is 16.4 Å². The van der Waals surface area contributed by atoms with E-state index in [1.165, 1.54) is 46.3 Å². The van der Waals surface area contributed by atoms with Crippen LogP contribution in [0, 0.1) is 5.82 Å². The zero-order valence-electron chi connectivity index (χ0n) is 16.8. The molecule has 0 aliphatic carbocycles. The minimum atomic E-state index is -0.469. The molecule has 1 amide bonds. The third kappa shape index (κ3) is 3.50. The Hall–Kier alpha value is -4.05. The third-order valence-corrected chi connectivity index (χ3v) is 5.93. The molecular formula is C22H16FN5O3S. The summed E-state index contributed by atoms with van der Waals surface area (Å²) in [7, 11) is 1.61. The lowest BCUT2D eigenvalue weighted by Gasteiger charge is -2.04. The molecule has 0 saturated carbocycles. The zero-order chi connectivity index (χ0) is 22.2. The van der Waals surface area contributed by atoms with Gasteiger partial charge in [-0.25, -0.2) is 23.3 Å². The van der Waals surface area contributed by atoms with E-state index in [1.54, 1.807) is 7.11 Å². The Bertz CT molecular complexity index is 1500. The van der Waals surface area contributed by atoms with Crippen molar-refractivity contribution in [2.24, 2.45) is 0 Å². The molecule has 0 aliphatic heterocycles. The van der Waals surface area contributed by atoms with Crippen molar-refractivity contribution >= 4 is 38.8 Å². The van der Waals surface area contributed by atoms with E-state index in [2.05, 4.69) is 15.4 Å². The molecule has 160 valence electrons. The summed E-state index contributed by atoms with van der Waals surface area (Å²) in [6.07, 6.45) is 1.42. The lowest BCUT2D eigenvalue weighted by atomic mass is 10.1. The largest absolute Gasteiger partial charge is 0.497 e. The van der Waals surface area contributed by atoms with Gasteiger partial charge in [-0.3, -0.25) is 4.79 Å². The van der Waals surface area contributed by atoms with E-state index in [4.69, 9.17) is 4.74 Å². The number of fused-ring (bicyclic) bond motifs is 3. The number of carbonyl (C=O) groups is 1. The number of hydrogen-bond acceptors (Lipinski definition) is 6. The Balaban J connectivity index is 1.48. The Morgan fingerprint density at radius 1 is 1.16 bits per heavy atom. The van der Waals surface area contributed by atoms with Crippen LogP contribution < -0.4 is 15.7 Å². The highest BCUT2D eigenvalue weighted by molar-refractivity contribution is 7.18. The average molecular weight is 449 g/mol. The second-order valence-electron chi connectivity index (χ2n) is 6.99. The van der Waals surface area contributed by atoms with Crippen LogP contribution in [0.3, 0.4) is 0 Å². The Labute approximate surface area is 184 Å². The van der Waals surface area contributed by atoms with Crippen LogP contribution in [0.4, 0.5) is 10.1 Å². The van der Waals surface area contributed by atoms with Crippen molar-refractivity contribution in [3.8, 4) is 16.9 Å². The van der Waals surface area contributed by atoms with Crippen LogP contribution in [0.15, 0.2) is 65.0 Å². The molecule has 2 aromatic carbocycles. The van der Waals surface area contributed by atoms with Crippen molar-refractivity contribution < 1.29 is 13.9 Å². The molecule has 10 heteroatoms. The maximum atomic E-state index is 13.0. The average Bonchev–Trinajstić information content (AvgIpc) is 3.37. The molecule has 0 radical (unpaired) electrons. The highest BCUT2D eigenvalue weighted by Crippen LogP contribution is 2.34. The van der Waals surface area contributed by atoms with Crippen molar-refractivity contribution in [3.63, 3.8) is 0 Å². The van der Waals surface area contributed by atoms with Gasteiger partial charge < -0.3 is 10.1 Å². The van der Waals surface area contributed by atoms with Crippen LogP contribution in [-0.4, -0.2) is 32.2 Å². The first-order valence-electron chi connectivity index (χ1n) is 9.59. The number of carbonyl (C=O) groups excluding carboxylic acids is 1. The summed E-state index contributed by atoms with van der Waals surface area (Å²) in [6.45, 7) is -0.282. The zero-order valence-corrected chi connectivity index (χ0v) is 17.6. The molecule has 0 atom stereocenters. The fourth-order valence-corrected chi connectivity index (χ4v) is 4.38. The van der Waals surface area contributed by atoms with E-state index in [0.717, 1.165) is 31.8 Å². The molecule has 3 aromatic heterocycles. The summed E-state index contributed by atoms with van der Waals surface area (Å²) in [5.74, 6) is -0.0923. The van der Waals surface area contributed by atoms with Gasteiger partial charge in [-0.2, -0.15) is 0 Å². The molecule has 0 unspecified atom stereocenters. The normalized spacial score (nSPS) is 11.2. The number of amides is 1. The Morgan fingerprint density at radius 3 is 2.62 bits per heavy atom. The molecule has 8 nitrogen and oxygen atoms in total. The monoisotopic (exact) mass is 449 g/mol. The molecular weight excluding hydrogens is 433 g/mol. The van der Waals surface area contributed by atoms with Gasteiger partial charge in [-0.05, 0) is 42.0 Å². The molecule has 5 rings (SSSR count). The SMILES string of the molecule is COc1ccc(-c2csc3c2ncn2c(=O)n(CC(=O)Nc4ccc(F)cc4)nc32)cc1. The van der Waals surface area contributed by atoms with E-state index < -0.39 is 17.4 Å². The minimum absolute atomic E-state index is 0.282. The first-order chi connectivity index (χ1) is 15.5. The summed E-state index contributed by atoms with van der Waals surface area (Å²) in [5.41, 5.74) is 3.00. The summed E-state index contributed by atoms with van der Waals surface area (Å²) < 4.78 is 21.4. The quantitative estimate of drug-likeness (QED) is 0.443. The summed E-state index contributed by atoms with van der Waals surface area (Å²) in [4.78, 5) is 29.6. The van der Waals surface area contributed by atoms with Crippen LogP contribution in [0.25, 0.3) is 27.0 Å². The molecule has 1 N–H and O–H groups in total. The first-order valence-corrected chi connectivity index (χ1v) is 10.5. The summed E-state index contributed by atoms with van der Waals surface area (Å²) in [6, 6.07) is 13.0. The van der Waals surface area contributed by atoms with Gasteiger partial charge in [-0.1, -0.05) is 12.1 Å². The Kier molecular flexibility index (Phi) is 4.91. The van der Waals surface area contributed by atoms with E-state index >= 15 is 0 Å². The van der Waals surface area contributed by atoms with Crippen molar-refractivity contribution in [1.82, 2.24) is 19.2 Å². The van der Waals surface area contributed by atoms with Crippen molar-refractivity contribution in [2.45, 2.75) is 6.54 Å². The number of methoxy groups -OCH3 is 1. The molecule has 0 spiro atoms. The number of halogens is 1. The number of hydrogen-bond donors (Lipinski definition) is 1.